The minimum Gasteiger partial charge on any atom is -0.325 e. The highest BCUT2D eigenvalue weighted by Crippen LogP contribution is 2.50. The highest BCUT2D eigenvalue weighted by molar-refractivity contribution is 6.30. The van der Waals surface area contributed by atoms with E-state index in [1.54, 1.807) is 30.5 Å². The molecular formula is C19H12ClFN4O2. The molecule has 0 radical (unpaired) electrons. The molecule has 3 heterocycles. The molecular weight excluding hydrogens is 371 g/mol. The molecule has 0 unspecified atom stereocenters. The Kier molecular flexibility index (Phi) is 3.21. The number of anilines is 2. The molecule has 2 N–H and O–H groups in total. The SMILES string of the molecule is O=C1C[C@@]2(C(=O)Nc3ccc(F)cc32)c2cnn(-c3ccc(Cl)cc3)c2N1. The maximum atomic E-state index is 13.9. The Morgan fingerprint density at radius 3 is 2.63 bits per heavy atom. The van der Waals surface area contributed by atoms with E-state index < -0.39 is 11.2 Å². The molecule has 2 aliphatic rings. The summed E-state index contributed by atoms with van der Waals surface area (Å²) in [7, 11) is 0. The third-order valence-corrected chi connectivity index (χ3v) is 5.31. The van der Waals surface area contributed by atoms with E-state index in [1.807, 2.05) is 0 Å². The maximum absolute atomic E-state index is 13.9. The molecule has 134 valence electrons. The fraction of sp³-hybridized carbons (Fsp3) is 0.105. The van der Waals surface area contributed by atoms with E-state index in [2.05, 4.69) is 15.7 Å². The van der Waals surface area contributed by atoms with Gasteiger partial charge in [0.05, 0.1) is 11.9 Å². The van der Waals surface area contributed by atoms with E-state index in [0.717, 1.165) is 0 Å². The van der Waals surface area contributed by atoms with Crippen LogP contribution < -0.4 is 10.6 Å². The molecule has 5 rings (SSSR count). The van der Waals surface area contributed by atoms with Crippen molar-refractivity contribution < 1.29 is 14.0 Å². The second kappa shape index (κ2) is 5.40. The van der Waals surface area contributed by atoms with Crippen LogP contribution in [0.1, 0.15) is 17.5 Å². The Morgan fingerprint density at radius 2 is 1.85 bits per heavy atom. The number of halogens is 2. The van der Waals surface area contributed by atoms with E-state index in [-0.39, 0.29) is 18.2 Å². The average molecular weight is 383 g/mol. The molecule has 2 aliphatic heterocycles. The van der Waals surface area contributed by atoms with Crippen molar-refractivity contribution in [1.82, 2.24) is 9.78 Å². The lowest BCUT2D eigenvalue weighted by Gasteiger charge is -2.31. The number of benzene rings is 2. The predicted molar refractivity (Wildman–Crippen MR) is 97.6 cm³/mol. The largest absolute Gasteiger partial charge is 0.325 e. The fourth-order valence-corrected chi connectivity index (χ4v) is 3.97. The lowest BCUT2D eigenvalue weighted by atomic mass is 9.72. The summed E-state index contributed by atoms with van der Waals surface area (Å²) in [4.78, 5) is 25.5. The summed E-state index contributed by atoms with van der Waals surface area (Å²) >= 11 is 5.94. The summed E-state index contributed by atoms with van der Waals surface area (Å²) < 4.78 is 15.5. The van der Waals surface area contributed by atoms with Gasteiger partial charge in [0.15, 0.2) is 0 Å². The fourth-order valence-electron chi connectivity index (χ4n) is 3.84. The first-order valence-corrected chi connectivity index (χ1v) is 8.62. The van der Waals surface area contributed by atoms with Crippen LogP contribution in [-0.4, -0.2) is 21.6 Å². The Hall–Kier alpha value is -3.19. The van der Waals surface area contributed by atoms with Crippen molar-refractivity contribution in [3.05, 3.63) is 70.6 Å². The van der Waals surface area contributed by atoms with E-state index in [1.165, 1.54) is 22.9 Å². The predicted octanol–water partition coefficient (Wildman–Crippen LogP) is 3.25. The minimum atomic E-state index is -1.31. The number of fused-ring (bicyclic) bond motifs is 4. The molecule has 0 aliphatic carbocycles. The molecule has 2 aromatic carbocycles. The van der Waals surface area contributed by atoms with Crippen molar-refractivity contribution in [1.29, 1.82) is 0 Å². The summed E-state index contributed by atoms with van der Waals surface area (Å²) in [5.41, 5.74) is 0.843. The Balaban J connectivity index is 1.76. The number of carbonyl (C=O) groups excluding carboxylic acids is 2. The van der Waals surface area contributed by atoms with Gasteiger partial charge in [-0.2, -0.15) is 5.10 Å². The summed E-state index contributed by atoms with van der Waals surface area (Å²) in [6.45, 7) is 0. The third-order valence-electron chi connectivity index (χ3n) is 5.06. The normalized spacial score (nSPS) is 20.2. The van der Waals surface area contributed by atoms with Crippen molar-refractivity contribution in [2.75, 3.05) is 10.6 Å². The molecule has 3 aromatic rings. The minimum absolute atomic E-state index is 0.116. The van der Waals surface area contributed by atoms with E-state index in [4.69, 9.17) is 11.6 Å². The number of hydrogen-bond donors (Lipinski definition) is 2. The van der Waals surface area contributed by atoms with Crippen molar-refractivity contribution in [3.63, 3.8) is 0 Å². The number of amides is 2. The van der Waals surface area contributed by atoms with Crippen LogP contribution in [0.4, 0.5) is 15.9 Å². The summed E-state index contributed by atoms with van der Waals surface area (Å²) in [6, 6.07) is 11.0. The molecule has 6 nitrogen and oxygen atoms in total. The zero-order valence-electron chi connectivity index (χ0n) is 13.8. The number of carbonyl (C=O) groups is 2. The zero-order valence-corrected chi connectivity index (χ0v) is 14.5. The Bertz CT molecular complexity index is 1130. The average Bonchev–Trinajstić information content (AvgIpc) is 3.17. The Labute approximate surface area is 157 Å². The highest BCUT2D eigenvalue weighted by atomic mass is 35.5. The molecule has 27 heavy (non-hydrogen) atoms. The van der Waals surface area contributed by atoms with Crippen LogP contribution in [-0.2, 0) is 15.0 Å². The molecule has 0 bridgehead atoms. The van der Waals surface area contributed by atoms with E-state index in [9.17, 15) is 14.0 Å². The van der Waals surface area contributed by atoms with Crippen molar-refractivity contribution in [2.45, 2.75) is 11.8 Å². The van der Waals surface area contributed by atoms with Gasteiger partial charge in [-0.3, -0.25) is 9.59 Å². The third kappa shape index (κ3) is 2.15. The standard InChI is InChI=1S/C19H12ClFN4O2/c20-10-1-4-12(5-2-10)25-17-14(9-22-25)19(8-16(26)24-17)13-7-11(21)3-6-15(13)23-18(19)27/h1-7,9H,8H2,(H,23,27)(H,24,26)/t19-/m0/s1. The lowest BCUT2D eigenvalue weighted by molar-refractivity contribution is -0.125. The number of nitrogens with zero attached hydrogens (tertiary/aromatic N) is 2. The van der Waals surface area contributed by atoms with Gasteiger partial charge in [-0.15, -0.1) is 0 Å². The molecule has 0 saturated heterocycles. The molecule has 0 fully saturated rings. The molecule has 8 heteroatoms. The molecule has 1 aromatic heterocycles. The molecule has 1 spiro atoms. The van der Waals surface area contributed by atoms with E-state index in [0.29, 0.717) is 33.3 Å². The van der Waals surface area contributed by atoms with Crippen LogP contribution in [0.3, 0.4) is 0 Å². The van der Waals surface area contributed by atoms with Gasteiger partial charge in [0.2, 0.25) is 11.8 Å². The highest BCUT2D eigenvalue weighted by Gasteiger charge is 2.54. The van der Waals surface area contributed by atoms with Crippen LogP contribution in [0, 0.1) is 5.82 Å². The van der Waals surface area contributed by atoms with Gasteiger partial charge in [0, 0.05) is 22.7 Å². The topological polar surface area (TPSA) is 76.0 Å². The lowest BCUT2D eigenvalue weighted by Crippen LogP contribution is -2.43. The van der Waals surface area contributed by atoms with Crippen LogP contribution in [0.15, 0.2) is 48.7 Å². The van der Waals surface area contributed by atoms with Crippen LogP contribution in [0.2, 0.25) is 5.02 Å². The van der Waals surface area contributed by atoms with Crippen LogP contribution in [0.25, 0.3) is 5.69 Å². The smallest absolute Gasteiger partial charge is 0.240 e. The van der Waals surface area contributed by atoms with Crippen LogP contribution in [0.5, 0.6) is 0 Å². The number of rotatable bonds is 1. The number of nitrogens with one attached hydrogen (secondary N) is 2. The van der Waals surface area contributed by atoms with Gasteiger partial charge >= 0.3 is 0 Å². The van der Waals surface area contributed by atoms with Gasteiger partial charge in [0.1, 0.15) is 17.1 Å². The maximum Gasteiger partial charge on any atom is 0.240 e. The van der Waals surface area contributed by atoms with Gasteiger partial charge in [-0.1, -0.05) is 11.6 Å². The van der Waals surface area contributed by atoms with Crippen molar-refractivity contribution in [3.8, 4) is 5.69 Å². The second-order valence-electron chi connectivity index (χ2n) is 6.57. The van der Waals surface area contributed by atoms with E-state index >= 15 is 0 Å². The van der Waals surface area contributed by atoms with Gasteiger partial charge in [-0.25, -0.2) is 9.07 Å². The quantitative estimate of drug-likeness (QED) is 0.678. The van der Waals surface area contributed by atoms with Gasteiger partial charge < -0.3 is 10.6 Å². The zero-order chi connectivity index (χ0) is 18.8. The first-order valence-electron chi connectivity index (χ1n) is 8.25. The van der Waals surface area contributed by atoms with Gasteiger partial charge in [0.25, 0.3) is 0 Å². The molecule has 0 saturated carbocycles. The van der Waals surface area contributed by atoms with Crippen LogP contribution >= 0.6 is 11.6 Å². The first kappa shape index (κ1) is 16.0. The Morgan fingerprint density at radius 1 is 1.07 bits per heavy atom. The van der Waals surface area contributed by atoms with Crippen molar-refractivity contribution in [2.24, 2.45) is 0 Å². The first-order chi connectivity index (χ1) is 13.0. The second-order valence-corrected chi connectivity index (χ2v) is 7.01. The summed E-state index contributed by atoms with van der Waals surface area (Å²) in [6.07, 6.45) is 1.43. The molecule has 1 atom stereocenters. The number of aromatic nitrogens is 2. The summed E-state index contributed by atoms with van der Waals surface area (Å²) in [5.74, 6) is -0.789. The van der Waals surface area contributed by atoms with Crippen molar-refractivity contribution >= 4 is 34.9 Å². The number of hydrogen-bond acceptors (Lipinski definition) is 3. The monoisotopic (exact) mass is 382 g/mol. The van der Waals surface area contributed by atoms with Gasteiger partial charge in [-0.05, 0) is 48.0 Å². The summed E-state index contributed by atoms with van der Waals surface area (Å²) in [5, 5.41) is 10.5. The molecule has 2 amide bonds.